The van der Waals surface area contributed by atoms with Gasteiger partial charge in [-0.05, 0) is 40.2 Å². The molecule has 0 aliphatic carbocycles. The Morgan fingerprint density at radius 2 is 1.67 bits per heavy atom. The maximum Gasteiger partial charge on any atom is 0.126 e. The number of hydrogen-bond acceptors (Lipinski definition) is 1. The van der Waals surface area contributed by atoms with Gasteiger partial charge < -0.3 is 0 Å². The first kappa shape index (κ1) is 10.2. The van der Waals surface area contributed by atoms with Crippen LogP contribution in [0.3, 0.4) is 0 Å². The summed E-state index contributed by atoms with van der Waals surface area (Å²) in [5, 5.41) is 0. The number of benzene rings is 1. The number of aromatic nitrogens is 1. The standard InChI is InChI=1S/C11H6BrF2N/c12-11-3-1-2-10(15-11)7-4-8(13)6-9(14)5-7/h1-6H. The molecule has 2 rings (SSSR count). The van der Waals surface area contributed by atoms with Gasteiger partial charge in [0.25, 0.3) is 0 Å². The van der Waals surface area contributed by atoms with Crippen LogP contribution in [0, 0.1) is 11.6 Å². The predicted molar refractivity (Wildman–Crippen MR) is 57.3 cm³/mol. The van der Waals surface area contributed by atoms with E-state index in [2.05, 4.69) is 20.9 Å². The number of halogens is 3. The molecule has 76 valence electrons. The summed E-state index contributed by atoms with van der Waals surface area (Å²) >= 11 is 3.20. The van der Waals surface area contributed by atoms with Crippen molar-refractivity contribution >= 4 is 15.9 Å². The van der Waals surface area contributed by atoms with Crippen LogP contribution in [-0.2, 0) is 0 Å². The zero-order valence-electron chi connectivity index (χ0n) is 7.55. The van der Waals surface area contributed by atoms with Crippen molar-refractivity contribution in [3.05, 3.63) is 52.6 Å². The number of hydrogen-bond donors (Lipinski definition) is 0. The number of pyridine rings is 1. The van der Waals surface area contributed by atoms with Crippen molar-refractivity contribution in [3.63, 3.8) is 0 Å². The Labute approximate surface area is 93.9 Å². The molecular weight excluding hydrogens is 264 g/mol. The van der Waals surface area contributed by atoms with Crippen LogP contribution in [-0.4, -0.2) is 4.98 Å². The number of nitrogens with zero attached hydrogens (tertiary/aromatic N) is 1. The molecule has 0 aliphatic heterocycles. The van der Waals surface area contributed by atoms with Gasteiger partial charge in [0.2, 0.25) is 0 Å². The minimum absolute atomic E-state index is 0.425. The van der Waals surface area contributed by atoms with Crippen LogP contribution in [0.15, 0.2) is 41.0 Å². The molecule has 4 heteroatoms. The van der Waals surface area contributed by atoms with Crippen molar-refractivity contribution in [2.75, 3.05) is 0 Å². The molecule has 0 bridgehead atoms. The topological polar surface area (TPSA) is 12.9 Å². The van der Waals surface area contributed by atoms with Gasteiger partial charge in [0.1, 0.15) is 16.2 Å². The van der Waals surface area contributed by atoms with E-state index in [-0.39, 0.29) is 0 Å². The Kier molecular flexibility index (Phi) is 2.77. The summed E-state index contributed by atoms with van der Waals surface area (Å²) in [6.07, 6.45) is 0. The monoisotopic (exact) mass is 269 g/mol. The fourth-order valence-electron chi connectivity index (χ4n) is 1.27. The second kappa shape index (κ2) is 4.06. The lowest BCUT2D eigenvalue weighted by molar-refractivity contribution is 0.584. The van der Waals surface area contributed by atoms with Gasteiger partial charge in [-0.2, -0.15) is 0 Å². The Morgan fingerprint density at radius 1 is 1.00 bits per heavy atom. The molecule has 0 aliphatic rings. The Morgan fingerprint density at radius 3 is 2.27 bits per heavy atom. The Bertz CT molecular complexity index is 479. The lowest BCUT2D eigenvalue weighted by atomic mass is 10.1. The van der Waals surface area contributed by atoms with Gasteiger partial charge in [0, 0.05) is 11.6 Å². The molecule has 0 unspecified atom stereocenters. The summed E-state index contributed by atoms with van der Waals surface area (Å²) in [6, 6.07) is 8.53. The van der Waals surface area contributed by atoms with E-state index in [1.807, 2.05) is 0 Å². The third-order valence-electron chi connectivity index (χ3n) is 1.87. The van der Waals surface area contributed by atoms with Gasteiger partial charge in [-0.1, -0.05) is 6.07 Å². The maximum atomic E-state index is 12.9. The Hall–Kier alpha value is -1.29. The zero-order valence-corrected chi connectivity index (χ0v) is 9.13. The van der Waals surface area contributed by atoms with E-state index < -0.39 is 11.6 Å². The molecule has 1 aromatic carbocycles. The average Bonchev–Trinajstić information content (AvgIpc) is 2.16. The largest absolute Gasteiger partial charge is 0.241 e. The fourth-order valence-corrected chi connectivity index (χ4v) is 1.61. The molecule has 0 amide bonds. The highest BCUT2D eigenvalue weighted by Crippen LogP contribution is 2.21. The van der Waals surface area contributed by atoms with Crippen LogP contribution in [0.4, 0.5) is 8.78 Å². The lowest BCUT2D eigenvalue weighted by Gasteiger charge is -2.01. The van der Waals surface area contributed by atoms with E-state index in [1.54, 1.807) is 18.2 Å². The fraction of sp³-hybridized carbons (Fsp3) is 0. The first-order valence-corrected chi connectivity index (χ1v) is 5.03. The Balaban J connectivity index is 2.54. The van der Waals surface area contributed by atoms with Gasteiger partial charge in [-0.15, -0.1) is 0 Å². The first-order valence-electron chi connectivity index (χ1n) is 4.24. The first-order chi connectivity index (χ1) is 7.15. The van der Waals surface area contributed by atoms with Gasteiger partial charge in [-0.25, -0.2) is 13.8 Å². The quantitative estimate of drug-likeness (QED) is 0.718. The summed E-state index contributed by atoms with van der Waals surface area (Å²) in [5.74, 6) is -1.21. The van der Waals surface area contributed by atoms with E-state index in [1.165, 1.54) is 12.1 Å². The van der Waals surface area contributed by atoms with Crippen molar-refractivity contribution < 1.29 is 8.78 Å². The van der Waals surface area contributed by atoms with E-state index >= 15 is 0 Å². The van der Waals surface area contributed by atoms with Crippen LogP contribution >= 0.6 is 15.9 Å². The third-order valence-corrected chi connectivity index (χ3v) is 2.32. The van der Waals surface area contributed by atoms with Gasteiger partial charge in [-0.3, -0.25) is 0 Å². The maximum absolute atomic E-state index is 12.9. The van der Waals surface area contributed by atoms with Crippen LogP contribution in [0.2, 0.25) is 0 Å². The molecule has 0 saturated carbocycles. The molecule has 0 N–H and O–H groups in total. The van der Waals surface area contributed by atoms with Crippen LogP contribution in [0.5, 0.6) is 0 Å². The highest BCUT2D eigenvalue weighted by atomic mass is 79.9. The normalized spacial score (nSPS) is 10.3. The molecule has 0 saturated heterocycles. The summed E-state index contributed by atoms with van der Waals surface area (Å²) < 4.78 is 26.5. The average molecular weight is 270 g/mol. The molecule has 0 fully saturated rings. The van der Waals surface area contributed by atoms with Gasteiger partial charge in [0.05, 0.1) is 5.69 Å². The molecule has 0 atom stereocenters. The van der Waals surface area contributed by atoms with Crippen LogP contribution in [0.25, 0.3) is 11.3 Å². The van der Waals surface area contributed by atoms with E-state index in [9.17, 15) is 8.78 Å². The summed E-state index contributed by atoms with van der Waals surface area (Å²) in [6.45, 7) is 0. The van der Waals surface area contributed by atoms with Crippen LogP contribution < -0.4 is 0 Å². The predicted octanol–water partition coefficient (Wildman–Crippen LogP) is 3.79. The van der Waals surface area contributed by atoms with Gasteiger partial charge in [0.15, 0.2) is 0 Å². The van der Waals surface area contributed by atoms with Gasteiger partial charge >= 0.3 is 0 Å². The second-order valence-corrected chi connectivity index (χ2v) is 3.82. The van der Waals surface area contributed by atoms with Crippen molar-refractivity contribution in [3.8, 4) is 11.3 Å². The molecule has 0 spiro atoms. The molecule has 0 radical (unpaired) electrons. The minimum atomic E-state index is -0.605. The summed E-state index contributed by atoms with van der Waals surface area (Å²) in [4.78, 5) is 4.11. The highest BCUT2D eigenvalue weighted by Gasteiger charge is 2.04. The lowest BCUT2D eigenvalue weighted by Crippen LogP contribution is -1.87. The number of rotatable bonds is 1. The summed E-state index contributed by atoms with van der Waals surface area (Å²) in [5.41, 5.74) is 0.955. The molecule has 2 aromatic rings. The van der Waals surface area contributed by atoms with Crippen molar-refractivity contribution in [1.29, 1.82) is 0 Å². The summed E-state index contributed by atoms with van der Waals surface area (Å²) in [7, 11) is 0. The van der Waals surface area contributed by atoms with Crippen LogP contribution in [0.1, 0.15) is 0 Å². The van der Waals surface area contributed by atoms with E-state index in [4.69, 9.17) is 0 Å². The molecule has 1 nitrogen and oxygen atoms in total. The van der Waals surface area contributed by atoms with E-state index in [0.717, 1.165) is 6.07 Å². The van der Waals surface area contributed by atoms with Crippen molar-refractivity contribution in [2.45, 2.75) is 0 Å². The third kappa shape index (κ3) is 2.39. The smallest absolute Gasteiger partial charge is 0.126 e. The molecular formula is C11H6BrF2N. The highest BCUT2D eigenvalue weighted by molar-refractivity contribution is 9.10. The van der Waals surface area contributed by atoms with Crippen molar-refractivity contribution in [1.82, 2.24) is 4.98 Å². The molecule has 15 heavy (non-hydrogen) atoms. The SMILES string of the molecule is Fc1cc(F)cc(-c2cccc(Br)n2)c1. The zero-order chi connectivity index (χ0) is 10.8. The molecule has 1 heterocycles. The second-order valence-electron chi connectivity index (χ2n) is 3.00. The molecule has 1 aromatic heterocycles. The minimum Gasteiger partial charge on any atom is -0.241 e. The van der Waals surface area contributed by atoms with E-state index in [0.29, 0.717) is 15.9 Å². The van der Waals surface area contributed by atoms with Crippen molar-refractivity contribution in [2.24, 2.45) is 0 Å².